The van der Waals surface area contributed by atoms with Crippen LogP contribution in [0.5, 0.6) is 0 Å². The van der Waals surface area contributed by atoms with Gasteiger partial charge in [-0.2, -0.15) is 13.2 Å². The van der Waals surface area contributed by atoms with Crippen LogP contribution in [0.25, 0.3) is 0 Å². The fourth-order valence-corrected chi connectivity index (χ4v) is 0.414. The SMILES string of the molecule is OC1(C(F)(F)F)C=NC=NO1. The predicted octanol–water partition coefficient (Wildman–Crippen LogP) is 0.282. The summed E-state index contributed by atoms with van der Waals surface area (Å²) in [6.45, 7) is 0. The second-order valence-electron chi connectivity index (χ2n) is 1.78. The van der Waals surface area contributed by atoms with Gasteiger partial charge in [-0.1, -0.05) is 5.16 Å². The average molecular weight is 168 g/mol. The zero-order valence-electron chi connectivity index (χ0n) is 5.04. The Morgan fingerprint density at radius 1 is 1.45 bits per heavy atom. The van der Waals surface area contributed by atoms with Gasteiger partial charge in [-0.15, -0.1) is 0 Å². The topological polar surface area (TPSA) is 54.2 Å². The third kappa shape index (κ3) is 1.32. The maximum Gasteiger partial charge on any atom is 0.463 e. The predicted molar refractivity (Wildman–Crippen MR) is 29.1 cm³/mol. The molecule has 4 nitrogen and oxygen atoms in total. The number of aliphatic hydroxyl groups is 1. The van der Waals surface area contributed by atoms with Crippen LogP contribution >= 0.6 is 0 Å². The Kier molecular flexibility index (Phi) is 1.59. The number of hydrogen-bond acceptors (Lipinski definition) is 4. The molecule has 0 bridgehead atoms. The molecule has 0 spiro atoms. The minimum atomic E-state index is -4.92. The molecule has 0 aliphatic carbocycles. The minimum Gasteiger partial charge on any atom is -0.343 e. The number of halogens is 3. The summed E-state index contributed by atoms with van der Waals surface area (Å²) < 4.78 is 35.4. The lowest BCUT2D eigenvalue weighted by Gasteiger charge is -2.24. The second kappa shape index (κ2) is 2.19. The molecule has 62 valence electrons. The summed E-state index contributed by atoms with van der Waals surface area (Å²) in [5.41, 5.74) is 0. The van der Waals surface area contributed by atoms with E-state index in [1.54, 1.807) is 0 Å². The normalized spacial score (nSPS) is 30.2. The first-order valence-corrected chi connectivity index (χ1v) is 2.49. The first kappa shape index (κ1) is 7.99. The molecule has 1 N–H and O–H groups in total. The van der Waals surface area contributed by atoms with Crippen LogP contribution in [0.1, 0.15) is 0 Å². The van der Waals surface area contributed by atoms with E-state index in [-0.39, 0.29) is 6.21 Å². The number of nitrogens with zero attached hydrogens (tertiary/aromatic N) is 2. The smallest absolute Gasteiger partial charge is 0.343 e. The maximum atomic E-state index is 11.8. The van der Waals surface area contributed by atoms with E-state index in [1.807, 2.05) is 0 Å². The monoisotopic (exact) mass is 168 g/mol. The van der Waals surface area contributed by atoms with Gasteiger partial charge in [0.25, 0.3) is 0 Å². The second-order valence-corrected chi connectivity index (χ2v) is 1.78. The average Bonchev–Trinajstić information content (AvgIpc) is 1.87. The van der Waals surface area contributed by atoms with Crippen molar-refractivity contribution in [2.45, 2.75) is 12.0 Å². The third-order valence-corrected chi connectivity index (χ3v) is 0.961. The molecule has 1 aliphatic heterocycles. The minimum absolute atomic E-state index is 0.222. The molecule has 0 saturated carbocycles. The molecule has 0 saturated heterocycles. The van der Waals surface area contributed by atoms with Gasteiger partial charge in [0.2, 0.25) is 0 Å². The van der Waals surface area contributed by atoms with E-state index in [2.05, 4.69) is 15.0 Å². The summed E-state index contributed by atoms with van der Waals surface area (Å²) in [5, 5.41) is 11.3. The Hall–Kier alpha value is -1.11. The van der Waals surface area contributed by atoms with Crippen molar-refractivity contribution in [3.8, 4) is 0 Å². The lowest BCUT2D eigenvalue weighted by atomic mass is 10.3. The van der Waals surface area contributed by atoms with Crippen LogP contribution in [0.2, 0.25) is 0 Å². The van der Waals surface area contributed by atoms with Gasteiger partial charge in [0.1, 0.15) is 0 Å². The van der Waals surface area contributed by atoms with Crippen molar-refractivity contribution in [1.29, 1.82) is 0 Å². The van der Waals surface area contributed by atoms with E-state index in [0.29, 0.717) is 0 Å². The fourth-order valence-electron chi connectivity index (χ4n) is 0.414. The Labute approximate surface area is 59.0 Å². The molecular weight excluding hydrogens is 165 g/mol. The molecule has 0 aromatic carbocycles. The highest BCUT2D eigenvalue weighted by atomic mass is 19.4. The van der Waals surface area contributed by atoms with E-state index in [4.69, 9.17) is 5.11 Å². The van der Waals surface area contributed by atoms with E-state index in [1.165, 1.54) is 0 Å². The number of rotatable bonds is 0. The van der Waals surface area contributed by atoms with E-state index in [9.17, 15) is 13.2 Å². The van der Waals surface area contributed by atoms with E-state index in [0.717, 1.165) is 6.34 Å². The van der Waals surface area contributed by atoms with Crippen LogP contribution in [0, 0.1) is 0 Å². The van der Waals surface area contributed by atoms with E-state index >= 15 is 0 Å². The zero-order chi connectivity index (χ0) is 8.54. The Bertz CT molecular complexity index is 212. The molecular formula is C4H3F3N2O2. The Balaban J connectivity index is 2.84. The molecule has 0 radical (unpaired) electrons. The standard InChI is InChI=1S/C4H3F3N2O2/c5-4(6,7)3(10)1-8-2-9-11-3/h1-2,10H. The summed E-state index contributed by atoms with van der Waals surface area (Å²) in [6, 6.07) is 0. The lowest BCUT2D eigenvalue weighted by Crippen LogP contribution is -2.49. The summed E-state index contributed by atoms with van der Waals surface area (Å²) in [6.07, 6.45) is -3.95. The quantitative estimate of drug-likeness (QED) is 0.564. The molecule has 7 heteroatoms. The van der Waals surface area contributed by atoms with Gasteiger partial charge in [0.05, 0.1) is 6.21 Å². The van der Waals surface area contributed by atoms with Crippen molar-refractivity contribution in [3.05, 3.63) is 0 Å². The number of alkyl halides is 3. The van der Waals surface area contributed by atoms with Crippen molar-refractivity contribution >= 4 is 12.6 Å². The highest BCUT2D eigenvalue weighted by Crippen LogP contribution is 2.30. The fraction of sp³-hybridized carbons (Fsp3) is 0.500. The molecule has 0 aromatic heterocycles. The van der Waals surface area contributed by atoms with Crippen molar-refractivity contribution in [2.75, 3.05) is 0 Å². The van der Waals surface area contributed by atoms with Crippen molar-refractivity contribution in [3.63, 3.8) is 0 Å². The van der Waals surface area contributed by atoms with Crippen LogP contribution in [0.15, 0.2) is 10.1 Å². The lowest BCUT2D eigenvalue weighted by molar-refractivity contribution is -0.328. The zero-order valence-corrected chi connectivity index (χ0v) is 5.04. The highest BCUT2D eigenvalue weighted by Gasteiger charge is 2.57. The number of aliphatic imine (C=N–C) groups is 1. The van der Waals surface area contributed by atoms with Gasteiger partial charge < -0.3 is 9.94 Å². The largest absolute Gasteiger partial charge is 0.463 e. The van der Waals surface area contributed by atoms with Gasteiger partial charge in [-0.05, 0) is 0 Å². The molecule has 1 unspecified atom stereocenters. The van der Waals surface area contributed by atoms with Gasteiger partial charge >= 0.3 is 12.0 Å². The van der Waals surface area contributed by atoms with Crippen LogP contribution in [-0.2, 0) is 4.84 Å². The van der Waals surface area contributed by atoms with Crippen molar-refractivity contribution in [1.82, 2.24) is 0 Å². The van der Waals surface area contributed by atoms with Crippen molar-refractivity contribution in [2.24, 2.45) is 10.1 Å². The van der Waals surface area contributed by atoms with Crippen LogP contribution in [-0.4, -0.2) is 29.6 Å². The summed E-state index contributed by atoms with van der Waals surface area (Å²) in [7, 11) is 0. The summed E-state index contributed by atoms with van der Waals surface area (Å²) in [4.78, 5) is 6.67. The first-order chi connectivity index (χ1) is 4.96. The third-order valence-electron chi connectivity index (χ3n) is 0.961. The molecule has 1 aliphatic rings. The maximum absolute atomic E-state index is 11.8. The molecule has 0 amide bonds. The number of oxime groups is 1. The summed E-state index contributed by atoms with van der Waals surface area (Å²) >= 11 is 0. The molecule has 11 heavy (non-hydrogen) atoms. The van der Waals surface area contributed by atoms with Crippen LogP contribution < -0.4 is 0 Å². The Morgan fingerprint density at radius 3 is 2.36 bits per heavy atom. The van der Waals surface area contributed by atoms with Gasteiger partial charge in [0, 0.05) is 0 Å². The van der Waals surface area contributed by atoms with Crippen molar-refractivity contribution < 1.29 is 23.1 Å². The summed E-state index contributed by atoms with van der Waals surface area (Å²) in [5.74, 6) is -3.37. The first-order valence-electron chi connectivity index (χ1n) is 2.49. The van der Waals surface area contributed by atoms with Crippen LogP contribution in [0.4, 0.5) is 13.2 Å². The number of hydrogen-bond donors (Lipinski definition) is 1. The van der Waals surface area contributed by atoms with Gasteiger partial charge in [0.15, 0.2) is 6.34 Å². The molecule has 0 aromatic rings. The molecule has 1 atom stereocenters. The van der Waals surface area contributed by atoms with E-state index < -0.39 is 12.0 Å². The van der Waals surface area contributed by atoms with Gasteiger partial charge in [-0.25, -0.2) is 4.99 Å². The molecule has 1 heterocycles. The Morgan fingerprint density at radius 2 is 2.09 bits per heavy atom. The molecule has 0 fully saturated rings. The van der Waals surface area contributed by atoms with Gasteiger partial charge in [-0.3, -0.25) is 0 Å². The molecule has 1 rings (SSSR count). The van der Waals surface area contributed by atoms with Crippen LogP contribution in [0.3, 0.4) is 0 Å². The highest BCUT2D eigenvalue weighted by molar-refractivity contribution is 5.78.